The molecular formula is C7H6N2O2S. The van der Waals surface area contributed by atoms with Gasteiger partial charge in [-0.2, -0.15) is 0 Å². The molecule has 0 spiro atoms. The summed E-state index contributed by atoms with van der Waals surface area (Å²) in [4.78, 5) is 14.9. The number of rotatable bonds is 1. The number of nitrogens with one attached hydrogen (secondary N) is 1. The van der Waals surface area contributed by atoms with E-state index in [2.05, 4.69) is 10.3 Å². The van der Waals surface area contributed by atoms with Crippen molar-refractivity contribution in [2.24, 2.45) is 4.99 Å². The van der Waals surface area contributed by atoms with Crippen LogP contribution in [0.1, 0.15) is 9.67 Å². The number of nitrogens with zero attached hydrogens (tertiary/aromatic N) is 1. The van der Waals surface area contributed by atoms with Gasteiger partial charge in [-0.05, 0) is 6.07 Å². The second-order valence-corrected chi connectivity index (χ2v) is 3.36. The van der Waals surface area contributed by atoms with Crippen LogP contribution in [0.5, 0.6) is 0 Å². The number of hydrogen-bond acceptors (Lipinski definition) is 4. The molecular weight excluding hydrogens is 176 g/mol. The number of carboxylic acids is 1. The Hall–Kier alpha value is -1.36. The highest BCUT2D eigenvalue weighted by Crippen LogP contribution is 2.36. The smallest absolute Gasteiger partial charge is 0.346 e. The number of fused-ring (bicyclic) bond motifs is 1. The van der Waals surface area contributed by atoms with Crippen molar-refractivity contribution >= 4 is 34.2 Å². The van der Waals surface area contributed by atoms with E-state index in [0.717, 1.165) is 10.7 Å². The molecule has 0 saturated carbocycles. The standard InChI is InChI=1S/C7H6N2O2S/c10-7(11)5-3-4-6(12-5)9-2-1-8-4/h2-3,8H,1H2,(H,10,11). The maximum Gasteiger partial charge on any atom is 0.346 e. The lowest BCUT2D eigenvalue weighted by atomic mass is 10.4. The van der Waals surface area contributed by atoms with Crippen LogP contribution in [0, 0.1) is 0 Å². The molecule has 0 aromatic carbocycles. The molecule has 1 aliphatic heterocycles. The van der Waals surface area contributed by atoms with Crippen LogP contribution in [-0.4, -0.2) is 23.8 Å². The van der Waals surface area contributed by atoms with Crippen molar-refractivity contribution in [1.29, 1.82) is 0 Å². The molecule has 1 aromatic heterocycles. The molecule has 12 heavy (non-hydrogen) atoms. The number of anilines is 1. The molecule has 0 unspecified atom stereocenters. The average molecular weight is 182 g/mol. The monoisotopic (exact) mass is 182 g/mol. The first-order chi connectivity index (χ1) is 5.77. The number of hydrogen-bond donors (Lipinski definition) is 2. The largest absolute Gasteiger partial charge is 0.477 e. The third-order valence-corrected chi connectivity index (χ3v) is 2.55. The normalized spacial score (nSPS) is 13.7. The summed E-state index contributed by atoms with van der Waals surface area (Å²) in [6.07, 6.45) is 1.73. The highest BCUT2D eigenvalue weighted by atomic mass is 32.1. The Morgan fingerprint density at radius 2 is 2.58 bits per heavy atom. The lowest BCUT2D eigenvalue weighted by molar-refractivity contribution is 0.0702. The highest BCUT2D eigenvalue weighted by molar-refractivity contribution is 7.18. The molecule has 2 N–H and O–H groups in total. The molecule has 5 heteroatoms. The molecule has 1 aliphatic rings. The predicted octanol–water partition coefficient (Wildman–Crippen LogP) is 1.57. The van der Waals surface area contributed by atoms with E-state index in [1.165, 1.54) is 11.3 Å². The lowest BCUT2D eigenvalue weighted by Crippen LogP contribution is -2.04. The molecule has 2 heterocycles. The maximum atomic E-state index is 10.5. The van der Waals surface area contributed by atoms with E-state index >= 15 is 0 Å². The molecule has 0 atom stereocenters. The first kappa shape index (κ1) is 7.30. The summed E-state index contributed by atoms with van der Waals surface area (Å²) < 4.78 is 0. The van der Waals surface area contributed by atoms with Gasteiger partial charge in [0.1, 0.15) is 9.88 Å². The van der Waals surface area contributed by atoms with E-state index in [4.69, 9.17) is 5.11 Å². The number of carboxylic acid groups (broad SMARTS) is 1. The third kappa shape index (κ3) is 1.08. The van der Waals surface area contributed by atoms with E-state index < -0.39 is 5.97 Å². The van der Waals surface area contributed by atoms with Crippen LogP contribution in [0.25, 0.3) is 0 Å². The highest BCUT2D eigenvalue weighted by Gasteiger charge is 2.13. The van der Waals surface area contributed by atoms with Gasteiger partial charge in [-0.3, -0.25) is 0 Å². The van der Waals surface area contributed by atoms with Gasteiger partial charge < -0.3 is 10.4 Å². The number of carbonyl (C=O) groups is 1. The summed E-state index contributed by atoms with van der Waals surface area (Å²) >= 11 is 1.18. The summed E-state index contributed by atoms with van der Waals surface area (Å²) in [5.74, 6) is -0.897. The molecule has 4 nitrogen and oxygen atoms in total. The van der Waals surface area contributed by atoms with Crippen molar-refractivity contribution in [3.05, 3.63) is 10.9 Å². The summed E-state index contributed by atoms with van der Waals surface area (Å²) in [6, 6.07) is 1.61. The van der Waals surface area contributed by atoms with Crippen molar-refractivity contribution in [3.8, 4) is 0 Å². The van der Waals surface area contributed by atoms with Crippen LogP contribution in [-0.2, 0) is 0 Å². The van der Waals surface area contributed by atoms with E-state index in [-0.39, 0.29) is 0 Å². The Bertz CT molecular complexity index is 356. The summed E-state index contributed by atoms with van der Waals surface area (Å²) in [7, 11) is 0. The van der Waals surface area contributed by atoms with Crippen molar-refractivity contribution in [2.75, 3.05) is 11.9 Å². The first-order valence-corrected chi connectivity index (χ1v) is 4.22. The molecule has 0 radical (unpaired) electrons. The van der Waals surface area contributed by atoms with Crippen molar-refractivity contribution in [1.82, 2.24) is 0 Å². The Morgan fingerprint density at radius 3 is 3.25 bits per heavy atom. The molecule has 2 rings (SSSR count). The van der Waals surface area contributed by atoms with Gasteiger partial charge in [0.25, 0.3) is 0 Å². The Labute approximate surface area is 72.6 Å². The molecule has 1 aromatic rings. The Balaban J connectivity index is 2.46. The zero-order valence-corrected chi connectivity index (χ0v) is 6.89. The minimum Gasteiger partial charge on any atom is -0.477 e. The summed E-state index contributed by atoms with van der Waals surface area (Å²) in [5.41, 5.74) is 0.819. The van der Waals surface area contributed by atoms with Crippen LogP contribution in [0.2, 0.25) is 0 Å². The van der Waals surface area contributed by atoms with Crippen LogP contribution in [0.4, 0.5) is 10.7 Å². The minimum atomic E-state index is -0.897. The SMILES string of the molecule is O=C(O)c1cc2c(s1)N=CCN2. The van der Waals surface area contributed by atoms with Gasteiger partial charge in [-0.1, -0.05) is 0 Å². The van der Waals surface area contributed by atoms with Crippen LogP contribution >= 0.6 is 11.3 Å². The van der Waals surface area contributed by atoms with E-state index in [1.54, 1.807) is 12.3 Å². The molecule has 0 bridgehead atoms. The maximum absolute atomic E-state index is 10.5. The zero-order valence-electron chi connectivity index (χ0n) is 6.07. The van der Waals surface area contributed by atoms with Gasteiger partial charge in [0.2, 0.25) is 0 Å². The molecule has 0 amide bonds. The number of aromatic carboxylic acids is 1. The van der Waals surface area contributed by atoms with Gasteiger partial charge in [0.15, 0.2) is 0 Å². The topological polar surface area (TPSA) is 61.7 Å². The van der Waals surface area contributed by atoms with Gasteiger partial charge in [0, 0.05) is 6.21 Å². The number of thiophene rings is 1. The fraction of sp³-hybridized carbons (Fsp3) is 0.143. The quantitative estimate of drug-likeness (QED) is 0.693. The Morgan fingerprint density at radius 1 is 1.75 bits per heavy atom. The molecule has 0 aliphatic carbocycles. The van der Waals surface area contributed by atoms with Crippen molar-refractivity contribution in [3.63, 3.8) is 0 Å². The number of aliphatic imine (C=N–C) groups is 1. The van der Waals surface area contributed by atoms with Crippen LogP contribution in [0.3, 0.4) is 0 Å². The van der Waals surface area contributed by atoms with Gasteiger partial charge in [0.05, 0.1) is 12.2 Å². The van der Waals surface area contributed by atoms with Crippen LogP contribution < -0.4 is 5.32 Å². The molecule has 0 saturated heterocycles. The van der Waals surface area contributed by atoms with Crippen LogP contribution in [0.15, 0.2) is 11.1 Å². The van der Waals surface area contributed by atoms with Gasteiger partial charge in [-0.25, -0.2) is 9.79 Å². The minimum absolute atomic E-state index is 0.326. The third-order valence-electron chi connectivity index (χ3n) is 1.52. The summed E-state index contributed by atoms with van der Waals surface area (Å²) in [6.45, 7) is 0.669. The first-order valence-electron chi connectivity index (χ1n) is 3.41. The fourth-order valence-electron chi connectivity index (χ4n) is 0.994. The van der Waals surface area contributed by atoms with Crippen molar-refractivity contribution < 1.29 is 9.90 Å². The predicted molar refractivity (Wildman–Crippen MR) is 47.9 cm³/mol. The van der Waals surface area contributed by atoms with E-state index in [1.807, 2.05) is 0 Å². The summed E-state index contributed by atoms with van der Waals surface area (Å²) in [5, 5.41) is 12.4. The fourth-order valence-corrected chi connectivity index (χ4v) is 1.83. The van der Waals surface area contributed by atoms with Gasteiger partial charge in [-0.15, -0.1) is 11.3 Å². The molecule has 0 fully saturated rings. The second kappa shape index (κ2) is 2.60. The second-order valence-electron chi connectivity index (χ2n) is 2.33. The molecule has 62 valence electrons. The van der Waals surface area contributed by atoms with E-state index in [9.17, 15) is 4.79 Å². The van der Waals surface area contributed by atoms with E-state index in [0.29, 0.717) is 11.4 Å². The van der Waals surface area contributed by atoms with Crippen molar-refractivity contribution in [2.45, 2.75) is 0 Å². The zero-order chi connectivity index (χ0) is 8.55. The van der Waals surface area contributed by atoms with Gasteiger partial charge >= 0.3 is 5.97 Å². The Kier molecular flexibility index (Phi) is 1.58. The average Bonchev–Trinajstić information content (AvgIpc) is 2.46. The lowest BCUT2D eigenvalue weighted by Gasteiger charge is -2.04.